The molecule has 0 heterocycles. The van der Waals surface area contributed by atoms with E-state index in [0.717, 1.165) is 12.0 Å². The lowest BCUT2D eigenvalue weighted by Gasteiger charge is -2.27. The maximum Gasteiger partial charge on any atom is 0.00672 e. The Hall–Kier alpha value is 0.310. The van der Waals surface area contributed by atoms with Crippen LogP contribution in [0.25, 0.3) is 0 Å². The zero-order chi connectivity index (χ0) is 10.2. The molecule has 0 aromatic carbocycles. The van der Waals surface area contributed by atoms with Crippen LogP contribution in [0.4, 0.5) is 0 Å². The fourth-order valence-electron chi connectivity index (χ4n) is 2.14. The van der Waals surface area contributed by atoms with E-state index in [9.17, 15) is 0 Å². The largest absolute Gasteiger partial charge is 0.314 e. The van der Waals surface area contributed by atoms with Gasteiger partial charge in [-0.1, -0.05) is 6.92 Å². The molecule has 0 aromatic heterocycles. The summed E-state index contributed by atoms with van der Waals surface area (Å²) in [4.78, 5) is 0. The lowest BCUT2D eigenvalue weighted by molar-refractivity contribution is 0.307. The van der Waals surface area contributed by atoms with Gasteiger partial charge in [-0.05, 0) is 63.0 Å². The van der Waals surface area contributed by atoms with E-state index in [0.29, 0.717) is 0 Å². The number of rotatable bonds is 6. The van der Waals surface area contributed by atoms with Crippen LogP contribution in [0, 0.1) is 5.92 Å². The van der Waals surface area contributed by atoms with Crippen molar-refractivity contribution in [2.45, 2.75) is 51.5 Å². The Morgan fingerprint density at radius 2 is 1.86 bits per heavy atom. The second-order valence-electron chi connectivity index (χ2n) is 4.61. The molecule has 2 heteroatoms. The zero-order valence-corrected chi connectivity index (χ0v) is 10.5. The second kappa shape index (κ2) is 7.58. The van der Waals surface area contributed by atoms with Crippen LogP contribution in [-0.2, 0) is 0 Å². The highest BCUT2D eigenvalue weighted by atomic mass is 32.2. The van der Waals surface area contributed by atoms with Crippen LogP contribution >= 0.6 is 11.8 Å². The molecule has 14 heavy (non-hydrogen) atoms. The molecule has 1 aliphatic carbocycles. The summed E-state index contributed by atoms with van der Waals surface area (Å²) in [5, 5.41) is 3.69. The van der Waals surface area contributed by atoms with Gasteiger partial charge in [0.15, 0.2) is 0 Å². The highest BCUT2D eigenvalue weighted by Gasteiger charge is 2.16. The smallest absolute Gasteiger partial charge is 0.00672 e. The van der Waals surface area contributed by atoms with Crippen molar-refractivity contribution in [3.8, 4) is 0 Å². The van der Waals surface area contributed by atoms with Gasteiger partial charge in [-0.15, -0.1) is 0 Å². The minimum atomic E-state index is 0.834. The second-order valence-corrected chi connectivity index (χ2v) is 5.60. The fraction of sp³-hybridized carbons (Fsp3) is 1.00. The molecule has 0 saturated heterocycles. The van der Waals surface area contributed by atoms with Crippen molar-refractivity contribution in [2.75, 3.05) is 18.6 Å². The molecule has 1 rings (SSSR count). The molecule has 1 nitrogen and oxygen atoms in total. The zero-order valence-electron chi connectivity index (χ0n) is 9.72. The van der Waals surface area contributed by atoms with Gasteiger partial charge in [-0.3, -0.25) is 0 Å². The summed E-state index contributed by atoms with van der Waals surface area (Å²) in [5.74, 6) is 2.30. The molecule has 0 spiro atoms. The van der Waals surface area contributed by atoms with E-state index in [1.807, 2.05) is 11.8 Å². The van der Waals surface area contributed by atoms with Crippen molar-refractivity contribution < 1.29 is 0 Å². The van der Waals surface area contributed by atoms with Crippen LogP contribution < -0.4 is 5.32 Å². The SMILES string of the molecule is CSCCCCNC1CCC(C)CC1. The van der Waals surface area contributed by atoms with E-state index in [4.69, 9.17) is 0 Å². The van der Waals surface area contributed by atoms with Gasteiger partial charge in [0, 0.05) is 6.04 Å². The van der Waals surface area contributed by atoms with Gasteiger partial charge < -0.3 is 5.32 Å². The predicted octanol–water partition coefficient (Wildman–Crippen LogP) is 3.30. The van der Waals surface area contributed by atoms with Gasteiger partial charge in [-0.2, -0.15) is 11.8 Å². The van der Waals surface area contributed by atoms with Crippen LogP contribution in [-0.4, -0.2) is 24.6 Å². The van der Waals surface area contributed by atoms with Gasteiger partial charge in [-0.25, -0.2) is 0 Å². The van der Waals surface area contributed by atoms with Crippen LogP contribution in [0.2, 0.25) is 0 Å². The molecule has 0 atom stereocenters. The Bertz CT molecular complexity index is 130. The van der Waals surface area contributed by atoms with Crippen molar-refractivity contribution in [1.82, 2.24) is 5.32 Å². The summed E-state index contributed by atoms with van der Waals surface area (Å²) in [6.07, 6.45) is 10.6. The summed E-state index contributed by atoms with van der Waals surface area (Å²) in [6.45, 7) is 3.62. The first-order valence-corrected chi connectivity index (χ1v) is 7.44. The lowest BCUT2D eigenvalue weighted by atomic mass is 9.87. The van der Waals surface area contributed by atoms with E-state index >= 15 is 0 Å². The molecule has 1 N–H and O–H groups in total. The van der Waals surface area contributed by atoms with E-state index in [1.54, 1.807) is 0 Å². The Balaban J connectivity index is 1.91. The van der Waals surface area contributed by atoms with Crippen LogP contribution in [0.1, 0.15) is 45.4 Å². The van der Waals surface area contributed by atoms with Crippen molar-refractivity contribution in [3.63, 3.8) is 0 Å². The summed E-state index contributed by atoms with van der Waals surface area (Å²) < 4.78 is 0. The number of nitrogens with one attached hydrogen (secondary N) is 1. The summed E-state index contributed by atoms with van der Waals surface area (Å²) >= 11 is 1.96. The summed E-state index contributed by atoms with van der Waals surface area (Å²) in [7, 11) is 0. The van der Waals surface area contributed by atoms with Crippen molar-refractivity contribution in [3.05, 3.63) is 0 Å². The molecule has 0 bridgehead atoms. The minimum Gasteiger partial charge on any atom is -0.314 e. The average Bonchev–Trinajstić information content (AvgIpc) is 2.21. The van der Waals surface area contributed by atoms with E-state index in [1.165, 1.54) is 50.8 Å². The fourth-order valence-corrected chi connectivity index (χ4v) is 2.63. The van der Waals surface area contributed by atoms with Crippen LogP contribution in [0.5, 0.6) is 0 Å². The van der Waals surface area contributed by atoms with Gasteiger partial charge in [0.2, 0.25) is 0 Å². The van der Waals surface area contributed by atoms with Gasteiger partial charge in [0.1, 0.15) is 0 Å². The quantitative estimate of drug-likeness (QED) is 0.682. The van der Waals surface area contributed by atoms with Crippen LogP contribution in [0.15, 0.2) is 0 Å². The van der Waals surface area contributed by atoms with E-state index < -0.39 is 0 Å². The number of hydrogen-bond donors (Lipinski definition) is 1. The topological polar surface area (TPSA) is 12.0 Å². The molecule has 1 fully saturated rings. The standard InChI is InChI=1S/C12H25NS/c1-11-5-7-12(8-6-11)13-9-3-4-10-14-2/h11-13H,3-10H2,1-2H3. The third-order valence-corrected chi connectivity index (χ3v) is 3.92. The Morgan fingerprint density at radius 3 is 2.50 bits per heavy atom. The minimum absolute atomic E-state index is 0.834. The van der Waals surface area contributed by atoms with Crippen LogP contribution in [0.3, 0.4) is 0 Å². The summed E-state index contributed by atoms with van der Waals surface area (Å²) in [5.41, 5.74) is 0. The lowest BCUT2D eigenvalue weighted by Crippen LogP contribution is -2.33. The molecular weight excluding hydrogens is 190 g/mol. The molecule has 0 amide bonds. The number of hydrogen-bond acceptors (Lipinski definition) is 2. The average molecular weight is 215 g/mol. The molecule has 84 valence electrons. The Morgan fingerprint density at radius 1 is 1.14 bits per heavy atom. The molecule has 0 radical (unpaired) electrons. The molecule has 0 aromatic rings. The normalized spacial score (nSPS) is 27.9. The van der Waals surface area contributed by atoms with Gasteiger partial charge in [0.25, 0.3) is 0 Å². The maximum absolute atomic E-state index is 3.69. The predicted molar refractivity (Wildman–Crippen MR) is 67.0 cm³/mol. The molecule has 1 saturated carbocycles. The molecule has 0 unspecified atom stereocenters. The molecular formula is C12H25NS. The van der Waals surface area contributed by atoms with Gasteiger partial charge in [0.05, 0.1) is 0 Å². The summed E-state index contributed by atoms with van der Waals surface area (Å²) in [6, 6.07) is 0.834. The van der Waals surface area contributed by atoms with Crippen molar-refractivity contribution >= 4 is 11.8 Å². The number of thioether (sulfide) groups is 1. The Labute approximate surface area is 93.4 Å². The highest BCUT2D eigenvalue weighted by molar-refractivity contribution is 7.98. The Kier molecular flexibility index (Phi) is 6.70. The number of unbranched alkanes of at least 4 members (excludes halogenated alkanes) is 1. The first-order chi connectivity index (χ1) is 6.83. The first-order valence-electron chi connectivity index (χ1n) is 6.05. The van der Waals surface area contributed by atoms with Crippen molar-refractivity contribution in [1.29, 1.82) is 0 Å². The molecule has 0 aliphatic heterocycles. The highest BCUT2D eigenvalue weighted by Crippen LogP contribution is 2.23. The van der Waals surface area contributed by atoms with Crippen molar-refractivity contribution in [2.24, 2.45) is 5.92 Å². The third kappa shape index (κ3) is 5.26. The maximum atomic E-state index is 3.69. The van der Waals surface area contributed by atoms with Gasteiger partial charge >= 0.3 is 0 Å². The van der Waals surface area contributed by atoms with E-state index in [2.05, 4.69) is 18.5 Å². The third-order valence-electron chi connectivity index (χ3n) is 3.22. The van der Waals surface area contributed by atoms with E-state index in [-0.39, 0.29) is 0 Å². The monoisotopic (exact) mass is 215 g/mol. The first kappa shape index (κ1) is 12.4. The molecule has 1 aliphatic rings.